The molecule has 2 heterocycles. The van der Waals surface area contributed by atoms with Crippen molar-refractivity contribution in [3.63, 3.8) is 0 Å². The maximum Gasteiger partial charge on any atom is 0.279 e. The topological polar surface area (TPSA) is 52.8 Å². The number of terminal acetylenes is 1. The number of benzene rings is 2. The van der Waals surface area contributed by atoms with Crippen LogP contribution < -0.4 is 14.3 Å². The van der Waals surface area contributed by atoms with Crippen LogP contribution in [0.1, 0.15) is 10.4 Å². The molecule has 5 nitrogen and oxygen atoms in total. The Kier molecular flexibility index (Phi) is 3.75. The van der Waals surface area contributed by atoms with Crippen LogP contribution in [0.3, 0.4) is 0 Å². The van der Waals surface area contributed by atoms with Gasteiger partial charge in [0.1, 0.15) is 5.82 Å². The average Bonchev–Trinajstić information content (AvgIpc) is 3.18. The fourth-order valence-corrected chi connectivity index (χ4v) is 3.60. The van der Waals surface area contributed by atoms with Crippen LogP contribution in [0.5, 0.6) is 11.5 Å². The summed E-state index contributed by atoms with van der Waals surface area (Å²) < 4.78 is 26.7. The quantitative estimate of drug-likeness (QED) is 0.665. The van der Waals surface area contributed by atoms with Gasteiger partial charge in [-0.05, 0) is 18.2 Å². The van der Waals surface area contributed by atoms with Gasteiger partial charge >= 0.3 is 0 Å². The van der Waals surface area contributed by atoms with Crippen molar-refractivity contribution in [2.24, 2.45) is 4.99 Å². The lowest BCUT2D eigenvalue weighted by molar-refractivity contribution is 0.0997. The molecule has 0 atom stereocenters. The van der Waals surface area contributed by atoms with Gasteiger partial charge in [0.25, 0.3) is 5.91 Å². The zero-order chi connectivity index (χ0) is 17.4. The number of nitrogens with zero attached hydrogens (tertiary/aromatic N) is 2. The van der Waals surface area contributed by atoms with Crippen LogP contribution in [0.15, 0.2) is 41.4 Å². The Morgan fingerprint density at radius 2 is 2.12 bits per heavy atom. The molecule has 0 radical (unpaired) electrons. The highest BCUT2D eigenvalue weighted by Gasteiger charge is 2.18. The molecule has 0 aliphatic carbocycles. The molecule has 1 aliphatic heterocycles. The van der Waals surface area contributed by atoms with Crippen LogP contribution >= 0.6 is 11.3 Å². The van der Waals surface area contributed by atoms with Crippen LogP contribution in [-0.4, -0.2) is 17.3 Å². The van der Waals surface area contributed by atoms with Crippen molar-refractivity contribution >= 4 is 27.5 Å². The zero-order valence-electron chi connectivity index (χ0n) is 12.9. The summed E-state index contributed by atoms with van der Waals surface area (Å²) in [7, 11) is 0. The molecular formula is C18H11FN2O3S. The van der Waals surface area contributed by atoms with E-state index in [1.54, 1.807) is 4.57 Å². The third-order valence-corrected chi connectivity index (χ3v) is 4.74. The molecule has 1 amide bonds. The number of thiazole rings is 1. The first-order valence-electron chi connectivity index (χ1n) is 7.37. The number of aromatic nitrogens is 1. The summed E-state index contributed by atoms with van der Waals surface area (Å²) >= 11 is 1.31. The van der Waals surface area contributed by atoms with Gasteiger partial charge in [-0.1, -0.05) is 23.3 Å². The van der Waals surface area contributed by atoms with E-state index in [2.05, 4.69) is 10.9 Å². The summed E-state index contributed by atoms with van der Waals surface area (Å²) in [5, 5.41) is 0. The number of fused-ring (bicyclic) bond motifs is 2. The predicted molar refractivity (Wildman–Crippen MR) is 91.1 cm³/mol. The number of ether oxygens (including phenoxy) is 2. The molecule has 0 spiro atoms. The van der Waals surface area contributed by atoms with Gasteiger partial charge in [0, 0.05) is 17.7 Å². The van der Waals surface area contributed by atoms with E-state index in [0.717, 1.165) is 16.3 Å². The molecule has 0 bridgehead atoms. The fraction of sp³-hybridized carbons (Fsp3) is 0.111. The number of hydrogen-bond donors (Lipinski definition) is 0. The fourth-order valence-electron chi connectivity index (χ4n) is 2.56. The standard InChI is InChI=1S/C18H11FN2O3S/c1-2-6-21-13-8-14-15(24-10-23-14)9-16(13)25-18(21)20-17(22)11-4-3-5-12(19)7-11/h1,3-5,7-9H,6,10H2. The van der Waals surface area contributed by atoms with Crippen molar-refractivity contribution in [2.75, 3.05) is 6.79 Å². The Morgan fingerprint density at radius 1 is 1.32 bits per heavy atom. The summed E-state index contributed by atoms with van der Waals surface area (Å²) in [6.07, 6.45) is 5.46. The third-order valence-electron chi connectivity index (χ3n) is 3.70. The second kappa shape index (κ2) is 6.07. The molecule has 4 rings (SSSR count). The summed E-state index contributed by atoms with van der Waals surface area (Å²) in [5.74, 6) is 2.81. The van der Waals surface area contributed by atoms with E-state index in [-0.39, 0.29) is 18.9 Å². The van der Waals surface area contributed by atoms with Gasteiger partial charge < -0.3 is 14.0 Å². The first-order chi connectivity index (χ1) is 12.2. The van der Waals surface area contributed by atoms with Crippen molar-refractivity contribution in [1.29, 1.82) is 0 Å². The van der Waals surface area contributed by atoms with E-state index < -0.39 is 11.7 Å². The van der Waals surface area contributed by atoms with Crippen molar-refractivity contribution in [1.82, 2.24) is 4.57 Å². The lowest BCUT2D eigenvalue weighted by Crippen LogP contribution is -2.16. The molecular weight excluding hydrogens is 343 g/mol. The molecule has 25 heavy (non-hydrogen) atoms. The Labute approximate surface area is 146 Å². The second-order valence-corrected chi connectivity index (χ2v) is 6.28. The number of carbonyl (C=O) groups is 1. The molecule has 2 aromatic carbocycles. The van der Waals surface area contributed by atoms with Gasteiger partial charge in [0.05, 0.1) is 16.8 Å². The maximum atomic E-state index is 13.3. The molecule has 0 saturated heterocycles. The summed E-state index contributed by atoms with van der Waals surface area (Å²) in [4.78, 5) is 16.9. The van der Waals surface area contributed by atoms with Crippen molar-refractivity contribution in [2.45, 2.75) is 6.54 Å². The highest BCUT2D eigenvalue weighted by molar-refractivity contribution is 7.16. The van der Waals surface area contributed by atoms with Gasteiger partial charge in [0.2, 0.25) is 6.79 Å². The molecule has 1 aliphatic rings. The Hall–Kier alpha value is -3.11. The number of rotatable bonds is 2. The maximum absolute atomic E-state index is 13.3. The lowest BCUT2D eigenvalue weighted by Gasteiger charge is -2.01. The van der Waals surface area contributed by atoms with Gasteiger partial charge in [0.15, 0.2) is 16.3 Å². The van der Waals surface area contributed by atoms with Gasteiger partial charge in [-0.25, -0.2) is 4.39 Å². The van der Waals surface area contributed by atoms with Crippen molar-refractivity contribution < 1.29 is 18.7 Å². The average molecular weight is 354 g/mol. The first kappa shape index (κ1) is 15.4. The molecule has 0 fully saturated rings. The Bertz CT molecular complexity index is 1110. The highest BCUT2D eigenvalue weighted by atomic mass is 32.1. The van der Waals surface area contributed by atoms with Gasteiger partial charge in [-0.3, -0.25) is 4.79 Å². The molecule has 3 aromatic rings. The number of hydrogen-bond acceptors (Lipinski definition) is 4. The van der Waals surface area contributed by atoms with E-state index >= 15 is 0 Å². The molecule has 0 unspecified atom stereocenters. The summed E-state index contributed by atoms with van der Waals surface area (Å²) in [6.45, 7) is 0.423. The van der Waals surface area contributed by atoms with Gasteiger partial charge in [-0.15, -0.1) is 6.42 Å². The van der Waals surface area contributed by atoms with Crippen LogP contribution in [0.4, 0.5) is 4.39 Å². The molecule has 0 saturated carbocycles. The van der Waals surface area contributed by atoms with Crippen LogP contribution in [0, 0.1) is 18.2 Å². The summed E-state index contributed by atoms with van der Waals surface area (Å²) in [6, 6.07) is 9.07. The van der Waals surface area contributed by atoms with Crippen molar-refractivity contribution in [3.05, 3.63) is 52.6 Å². The number of halogens is 1. The molecule has 124 valence electrons. The smallest absolute Gasteiger partial charge is 0.279 e. The number of amides is 1. The Balaban J connectivity index is 1.87. The van der Waals surface area contributed by atoms with Gasteiger partial charge in [-0.2, -0.15) is 4.99 Å². The third kappa shape index (κ3) is 2.77. The van der Waals surface area contributed by atoms with Crippen LogP contribution in [-0.2, 0) is 6.54 Å². The lowest BCUT2D eigenvalue weighted by atomic mass is 10.2. The van der Waals surface area contributed by atoms with E-state index in [1.807, 2.05) is 12.1 Å². The van der Waals surface area contributed by atoms with E-state index in [4.69, 9.17) is 15.9 Å². The highest BCUT2D eigenvalue weighted by Crippen LogP contribution is 2.36. The number of carbonyl (C=O) groups excluding carboxylic acids is 1. The minimum atomic E-state index is -0.531. The zero-order valence-corrected chi connectivity index (χ0v) is 13.7. The predicted octanol–water partition coefficient (Wildman–Crippen LogP) is 2.94. The largest absolute Gasteiger partial charge is 0.454 e. The van der Waals surface area contributed by atoms with Crippen LogP contribution in [0.2, 0.25) is 0 Å². The van der Waals surface area contributed by atoms with Crippen molar-refractivity contribution in [3.8, 4) is 23.8 Å². The molecule has 1 aromatic heterocycles. The normalized spacial score (nSPS) is 13.2. The monoisotopic (exact) mass is 354 g/mol. The van der Waals surface area contributed by atoms with E-state index in [0.29, 0.717) is 16.3 Å². The van der Waals surface area contributed by atoms with E-state index in [9.17, 15) is 9.18 Å². The Morgan fingerprint density at radius 3 is 2.88 bits per heavy atom. The SMILES string of the molecule is C#CCn1c(=NC(=O)c2cccc(F)c2)sc2cc3c(cc21)OCO3. The van der Waals surface area contributed by atoms with E-state index in [1.165, 1.54) is 29.5 Å². The molecule has 0 N–H and O–H groups in total. The van der Waals surface area contributed by atoms with Crippen LogP contribution in [0.25, 0.3) is 10.2 Å². The minimum Gasteiger partial charge on any atom is -0.454 e. The first-order valence-corrected chi connectivity index (χ1v) is 8.18. The molecule has 7 heteroatoms. The summed E-state index contributed by atoms with van der Waals surface area (Å²) in [5.41, 5.74) is 0.983. The minimum absolute atomic E-state index is 0.178. The second-order valence-electron chi connectivity index (χ2n) is 5.28.